The summed E-state index contributed by atoms with van der Waals surface area (Å²) in [6, 6.07) is 7.71. The zero-order valence-electron chi connectivity index (χ0n) is 8.30. The second-order valence-corrected chi connectivity index (χ2v) is 5.37. The average Bonchev–Trinajstić information content (AvgIpc) is 2.33. The number of nitrogens with zero attached hydrogens (tertiary/aromatic N) is 2. The van der Waals surface area contributed by atoms with Crippen molar-refractivity contribution in [3.63, 3.8) is 0 Å². The summed E-state index contributed by atoms with van der Waals surface area (Å²) in [5.41, 5.74) is 0.910. The fourth-order valence-electron chi connectivity index (χ4n) is 1.12. The Labute approximate surface area is 111 Å². The summed E-state index contributed by atoms with van der Waals surface area (Å²) in [7, 11) is 0. The zero-order chi connectivity index (χ0) is 11.4. The van der Waals surface area contributed by atoms with Gasteiger partial charge in [-0.05, 0) is 52.0 Å². The molecule has 0 fully saturated rings. The van der Waals surface area contributed by atoms with E-state index in [2.05, 4.69) is 32.6 Å². The molecule has 5 heteroatoms. The van der Waals surface area contributed by atoms with E-state index >= 15 is 0 Å². The van der Waals surface area contributed by atoms with Gasteiger partial charge in [0.05, 0.1) is 6.61 Å². The van der Waals surface area contributed by atoms with Crippen LogP contribution in [0.3, 0.4) is 0 Å². The van der Waals surface area contributed by atoms with E-state index in [0.717, 1.165) is 19.2 Å². The lowest BCUT2D eigenvalue weighted by Crippen LogP contribution is -1.87. The van der Waals surface area contributed by atoms with Gasteiger partial charge in [0.25, 0.3) is 0 Å². The SMILES string of the molecule is OCc1ccc(Sc2ncc(I)cn2)cc1. The molecule has 0 spiro atoms. The summed E-state index contributed by atoms with van der Waals surface area (Å²) in [6.45, 7) is 0.0744. The van der Waals surface area contributed by atoms with Crippen LogP contribution in [0.15, 0.2) is 46.7 Å². The third-order valence-corrected chi connectivity index (χ3v) is 3.37. The Bertz CT molecular complexity index is 458. The summed E-state index contributed by atoms with van der Waals surface area (Å²) in [6.07, 6.45) is 3.58. The quantitative estimate of drug-likeness (QED) is 0.687. The third-order valence-electron chi connectivity index (χ3n) is 1.91. The Hall–Kier alpha value is -0.660. The molecule has 16 heavy (non-hydrogen) atoms. The number of aliphatic hydroxyl groups excluding tert-OH is 1. The number of hydrogen-bond donors (Lipinski definition) is 1. The molecule has 0 bridgehead atoms. The van der Waals surface area contributed by atoms with Crippen molar-refractivity contribution in [2.75, 3.05) is 0 Å². The highest BCUT2D eigenvalue weighted by molar-refractivity contribution is 14.1. The summed E-state index contributed by atoms with van der Waals surface area (Å²) >= 11 is 3.68. The Morgan fingerprint density at radius 3 is 2.31 bits per heavy atom. The molecule has 0 unspecified atom stereocenters. The first-order valence-corrected chi connectivity index (χ1v) is 6.52. The molecule has 2 aromatic rings. The fraction of sp³-hybridized carbons (Fsp3) is 0.0909. The predicted octanol–water partition coefficient (Wildman–Crippen LogP) is 2.72. The Balaban J connectivity index is 2.11. The minimum atomic E-state index is 0.0744. The number of rotatable bonds is 3. The zero-order valence-corrected chi connectivity index (χ0v) is 11.3. The van der Waals surface area contributed by atoms with Crippen LogP contribution < -0.4 is 0 Å². The van der Waals surface area contributed by atoms with Gasteiger partial charge in [-0.3, -0.25) is 0 Å². The molecule has 0 saturated heterocycles. The minimum absolute atomic E-state index is 0.0744. The van der Waals surface area contributed by atoms with E-state index in [1.165, 1.54) is 11.8 Å². The van der Waals surface area contributed by atoms with Crippen LogP contribution >= 0.6 is 34.4 Å². The summed E-state index contributed by atoms with van der Waals surface area (Å²) in [5, 5.41) is 9.65. The highest BCUT2D eigenvalue weighted by Gasteiger charge is 2.00. The van der Waals surface area contributed by atoms with Crippen molar-refractivity contribution in [3.8, 4) is 0 Å². The standard InChI is InChI=1S/C11H9IN2OS/c12-9-5-13-11(14-6-9)16-10-3-1-8(7-15)2-4-10/h1-6,15H,7H2. The number of hydrogen-bond acceptors (Lipinski definition) is 4. The van der Waals surface area contributed by atoms with Crippen molar-refractivity contribution in [2.45, 2.75) is 16.7 Å². The van der Waals surface area contributed by atoms with Crippen molar-refractivity contribution in [1.82, 2.24) is 9.97 Å². The van der Waals surface area contributed by atoms with Crippen molar-refractivity contribution in [2.24, 2.45) is 0 Å². The molecule has 0 atom stereocenters. The van der Waals surface area contributed by atoms with Gasteiger partial charge in [-0.1, -0.05) is 12.1 Å². The molecule has 0 saturated carbocycles. The Morgan fingerprint density at radius 2 is 1.75 bits per heavy atom. The van der Waals surface area contributed by atoms with Crippen LogP contribution in [-0.4, -0.2) is 15.1 Å². The van der Waals surface area contributed by atoms with Gasteiger partial charge in [0.2, 0.25) is 0 Å². The molecule has 0 aliphatic heterocycles. The van der Waals surface area contributed by atoms with Crippen LogP contribution in [0.1, 0.15) is 5.56 Å². The second-order valence-electron chi connectivity index (χ2n) is 3.09. The first-order valence-electron chi connectivity index (χ1n) is 4.63. The molecule has 0 aliphatic carbocycles. The molecule has 0 aliphatic rings. The van der Waals surface area contributed by atoms with E-state index < -0.39 is 0 Å². The highest BCUT2D eigenvalue weighted by Crippen LogP contribution is 2.24. The molecule has 1 N–H and O–H groups in total. The predicted molar refractivity (Wildman–Crippen MR) is 71.2 cm³/mol. The largest absolute Gasteiger partial charge is 0.392 e. The van der Waals surface area contributed by atoms with Gasteiger partial charge in [0.15, 0.2) is 5.16 Å². The van der Waals surface area contributed by atoms with Gasteiger partial charge in [0, 0.05) is 20.9 Å². The van der Waals surface area contributed by atoms with Crippen molar-refractivity contribution in [1.29, 1.82) is 0 Å². The Kier molecular flexibility index (Phi) is 4.14. The highest BCUT2D eigenvalue weighted by atomic mass is 127. The third kappa shape index (κ3) is 3.16. The van der Waals surface area contributed by atoms with Gasteiger partial charge in [0.1, 0.15) is 0 Å². The van der Waals surface area contributed by atoms with Crippen LogP contribution in [0.2, 0.25) is 0 Å². The maximum Gasteiger partial charge on any atom is 0.192 e. The molecule has 3 nitrogen and oxygen atoms in total. The molecular formula is C11H9IN2OS. The van der Waals surface area contributed by atoms with E-state index in [1.54, 1.807) is 12.4 Å². The smallest absolute Gasteiger partial charge is 0.192 e. The van der Waals surface area contributed by atoms with E-state index in [4.69, 9.17) is 5.11 Å². The van der Waals surface area contributed by atoms with E-state index in [9.17, 15) is 0 Å². The Morgan fingerprint density at radius 1 is 1.12 bits per heavy atom. The fourth-order valence-corrected chi connectivity index (χ4v) is 2.09. The van der Waals surface area contributed by atoms with Crippen molar-refractivity contribution >= 4 is 34.4 Å². The van der Waals surface area contributed by atoms with E-state index in [0.29, 0.717) is 0 Å². The van der Waals surface area contributed by atoms with Gasteiger partial charge < -0.3 is 5.11 Å². The first-order chi connectivity index (χ1) is 7.78. The average molecular weight is 344 g/mol. The normalized spacial score (nSPS) is 10.4. The molecular weight excluding hydrogens is 335 g/mol. The molecule has 0 amide bonds. The molecule has 0 radical (unpaired) electrons. The van der Waals surface area contributed by atoms with E-state index in [-0.39, 0.29) is 6.61 Å². The summed E-state index contributed by atoms with van der Waals surface area (Å²) < 4.78 is 1.03. The van der Waals surface area contributed by atoms with Crippen LogP contribution in [0.5, 0.6) is 0 Å². The molecule has 1 aromatic heterocycles. The monoisotopic (exact) mass is 344 g/mol. The number of aliphatic hydroxyl groups is 1. The molecule has 1 heterocycles. The van der Waals surface area contributed by atoms with Gasteiger partial charge in [-0.25, -0.2) is 9.97 Å². The molecule has 82 valence electrons. The molecule has 2 rings (SSSR count). The van der Waals surface area contributed by atoms with Gasteiger partial charge in [-0.2, -0.15) is 0 Å². The maximum atomic E-state index is 8.92. The van der Waals surface area contributed by atoms with E-state index in [1.807, 2.05) is 24.3 Å². The second kappa shape index (κ2) is 5.60. The number of halogens is 1. The summed E-state index contributed by atoms with van der Waals surface area (Å²) in [5.74, 6) is 0. The van der Waals surface area contributed by atoms with Crippen molar-refractivity contribution < 1.29 is 5.11 Å². The lowest BCUT2D eigenvalue weighted by molar-refractivity contribution is 0.282. The van der Waals surface area contributed by atoms with Crippen molar-refractivity contribution in [3.05, 3.63) is 45.8 Å². The lowest BCUT2D eigenvalue weighted by atomic mass is 10.2. The van der Waals surface area contributed by atoms with Crippen LogP contribution in [0.25, 0.3) is 0 Å². The number of aromatic nitrogens is 2. The minimum Gasteiger partial charge on any atom is -0.392 e. The van der Waals surface area contributed by atoms with Crippen LogP contribution in [0.4, 0.5) is 0 Å². The first kappa shape index (κ1) is 11.8. The summed E-state index contributed by atoms with van der Waals surface area (Å²) in [4.78, 5) is 9.49. The molecule has 1 aromatic carbocycles. The van der Waals surface area contributed by atoms with Crippen LogP contribution in [-0.2, 0) is 6.61 Å². The maximum absolute atomic E-state index is 8.92. The van der Waals surface area contributed by atoms with Gasteiger partial charge >= 0.3 is 0 Å². The van der Waals surface area contributed by atoms with Gasteiger partial charge in [-0.15, -0.1) is 0 Å². The van der Waals surface area contributed by atoms with Crippen LogP contribution in [0, 0.1) is 3.57 Å². The number of benzene rings is 1. The topological polar surface area (TPSA) is 46.0 Å². The lowest BCUT2D eigenvalue weighted by Gasteiger charge is -2.01.